The number of hydrogen-bond donors (Lipinski definition) is 1. The Morgan fingerprint density at radius 3 is 2.53 bits per heavy atom. The quantitative estimate of drug-likeness (QED) is 0.776. The van der Waals surface area contributed by atoms with Crippen LogP contribution in [-0.2, 0) is 22.6 Å². The van der Waals surface area contributed by atoms with Gasteiger partial charge in [-0.3, -0.25) is 0 Å². The van der Waals surface area contributed by atoms with E-state index in [9.17, 15) is 0 Å². The molecule has 0 bridgehead atoms. The topological polar surface area (TPSA) is 30.5 Å². The van der Waals surface area contributed by atoms with E-state index in [0.29, 0.717) is 19.8 Å². The fraction of sp³-hybridized carbons (Fsp3) is 0.600. The maximum Gasteiger partial charge on any atom is 0.0728 e. The first kappa shape index (κ1) is 16.6. The van der Waals surface area contributed by atoms with Gasteiger partial charge in [0.25, 0.3) is 0 Å². The average Bonchev–Trinajstić information content (AvgIpc) is 2.30. The van der Waals surface area contributed by atoms with Crippen LogP contribution in [0.15, 0.2) is 22.7 Å². The molecule has 0 radical (unpaired) electrons. The van der Waals surface area contributed by atoms with Gasteiger partial charge in [-0.1, -0.05) is 28.1 Å². The Morgan fingerprint density at radius 2 is 1.95 bits per heavy atom. The van der Waals surface area contributed by atoms with Crippen molar-refractivity contribution in [3.8, 4) is 0 Å². The highest BCUT2D eigenvalue weighted by Gasteiger charge is 2.09. The summed E-state index contributed by atoms with van der Waals surface area (Å²) in [6.07, 6.45) is 0. The van der Waals surface area contributed by atoms with Crippen molar-refractivity contribution in [2.45, 2.75) is 39.5 Å². The van der Waals surface area contributed by atoms with Crippen LogP contribution in [0.25, 0.3) is 0 Å². The predicted molar refractivity (Wildman–Crippen MR) is 82.3 cm³/mol. The van der Waals surface area contributed by atoms with E-state index in [0.717, 1.165) is 16.6 Å². The zero-order valence-electron chi connectivity index (χ0n) is 12.3. The number of benzene rings is 1. The first-order valence-corrected chi connectivity index (χ1v) is 7.35. The Balaban J connectivity index is 2.33. The normalized spacial score (nSPS) is 11.8. The number of rotatable bonds is 7. The predicted octanol–water partition coefficient (Wildman–Crippen LogP) is 3.50. The Labute approximate surface area is 124 Å². The fourth-order valence-corrected chi connectivity index (χ4v) is 2.15. The molecule has 0 aromatic heterocycles. The Morgan fingerprint density at radius 1 is 1.21 bits per heavy atom. The molecule has 0 aliphatic carbocycles. The lowest BCUT2D eigenvalue weighted by molar-refractivity contribution is -0.0377. The largest absolute Gasteiger partial charge is 0.374 e. The molecule has 0 saturated heterocycles. The second-order valence-electron chi connectivity index (χ2n) is 5.47. The molecule has 0 unspecified atom stereocenters. The molecular weight excluding hydrogens is 306 g/mol. The maximum atomic E-state index is 5.63. The van der Waals surface area contributed by atoms with Gasteiger partial charge < -0.3 is 14.8 Å². The maximum absolute atomic E-state index is 5.63. The van der Waals surface area contributed by atoms with E-state index < -0.39 is 0 Å². The lowest BCUT2D eigenvalue weighted by Crippen LogP contribution is -2.21. The van der Waals surface area contributed by atoms with Gasteiger partial charge in [-0.25, -0.2) is 0 Å². The van der Waals surface area contributed by atoms with E-state index >= 15 is 0 Å². The van der Waals surface area contributed by atoms with Crippen LogP contribution in [0.4, 0.5) is 0 Å². The molecule has 0 aliphatic heterocycles. The molecule has 108 valence electrons. The molecule has 0 amide bonds. The molecule has 1 aromatic carbocycles. The summed E-state index contributed by atoms with van der Waals surface area (Å²) in [6.45, 7) is 8.85. The van der Waals surface area contributed by atoms with Crippen LogP contribution in [0.2, 0.25) is 0 Å². The van der Waals surface area contributed by atoms with E-state index in [4.69, 9.17) is 9.47 Å². The molecule has 1 N–H and O–H groups in total. The summed E-state index contributed by atoms with van der Waals surface area (Å²) in [4.78, 5) is 0. The minimum atomic E-state index is -0.0985. The first-order valence-electron chi connectivity index (χ1n) is 6.56. The summed E-state index contributed by atoms with van der Waals surface area (Å²) in [5.41, 5.74) is 2.32. The highest BCUT2D eigenvalue weighted by molar-refractivity contribution is 9.10. The molecule has 3 nitrogen and oxygen atoms in total. The fourth-order valence-electron chi connectivity index (χ4n) is 1.61. The number of hydrogen-bond acceptors (Lipinski definition) is 3. The van der Waals surface area contributed by atoms with Crippen molar-refractivity contribution in [1.29, 1.82) is 0 Å². The standard InChI is InChI=1S/C15H24BrNO2/c1-15(2,3)19-8-7-18-11-13-6-5-12(10-17-4)9-14(13)16/h5-6,9,17H,7-8,10-11H2,1-4H3. The van der Waals surface area contributed by atoms with Gasteiger partial charge >= 0.3 is 0 Å². The molecule has 0 spiro atoms. The van der Waals surface area contributed by atoms with Gasteiger partial charge in [0, 0.05) is 11.0 Å². The minimum Gasteiger partial charge on any atom is -0.374 e. The number of nitrogens with one attached hydrogen (secondary N) is 1. The van der Waals surface area contributed by atoms with Crippen molar-refractivity contribution in [3.63, 3.8) is 0 Å². The average molecular weight is 330 g/mol. The first-order chi connectivity index (χ1) is 8.92. The summed E-state index contributed by atoms with van der Waals surface area (Å²) in [7, 11) is 1.94. The Bertz CT molecular complexity index is 388. The molecular formula is C15H24BrNO2. The number of halogens is 1. The molecule has 0 heterocycles. The van der Waals surface area contributed by atoms with Gasteiger partial charge in [-0.2, -0.15) is 0 Å². The van der Waals surface area contributed by atoms with Crippen LogP contribution in [-0.4, -0.2) is 25.9 Å². The monoisotopic (exact) mass is 329 g/mol. The lowest BCUT2D eigenvalue weighted by atomic mass is 10.1. The molecule has 1 aromatic rings. The van der Waals surface area contributed by atoms with Crippen LogP contribution in [0.3, 0.4) is 0 Å². The van der Waals surface area contributed by atoms with Gasteiger partial charge in [-0.15, -0.1) is 0 Å². The molecule has 4 heteroatoms. The van der Waals surface area contributed by atoms with E-state index in [1.807, 2.05) is 27.8 Å². The van der Waals surface area contributed by atoms with E-state index in [-0.39, 0.29) is 5.60 Å². The van der Waals surface area contributed by atoms with Gasteiger partial charge in [-0.05, 0) is 45.0 Å². The highest BCUT2D eigenvalue weighted by atomic mass is 79.9. The molecule has 0 aliphatic rings. The van der Waals surface area contributed by atoms with Gasteiger partial charge in [0.2, 0.25) is 0 Å². The van der Waals surface area contributed by atoms with Gasteiger partial charge in [0.15, 0.2) is 0 Å². The lowest BCUT2D eigenvalue weighted by Gasteiger charge is -2.19. The van der Waals surface area contributed by atoms with Crippen LogP contribution >= 0.6 is 15.9 Å². The smallest absolute Gasteiger partial charge is 0.0728 e. The van der Waals surface area contributed by atoms with Crippen molar-refractivity contribution in [1.82, 2.24) is 5.32 Å². The van der Waals surface area contributed by atoms with Crippen LogP contribution in [0, 0.1) is 0 Å². The third kappa shape index (κ3) is 7.06. The molecule has 0 fully saturated rings. The minimum absolute atomic E-state index is 0.0985. The van der Waals surface area contributed by atoms with Crippen molar-refractivity contribution in [2.75, 3.05) is 20.3 Å². The number of ether oxygens (including phenoxy) is 2. The second kappa shape index (κ2) is 8.00. The third-order valence-corrected chi connectivity index (χ3v) is 3.26. The van der Waals surface area contributed by atoms with Crippen molar-refractivity contribution in [3.05, 3.63) is 33.8 Å². The van der Waals surface area contributed by atoms with Crippen LogP contribution < -0.4 is 5.32 Å². The van der Waals surface area contributed by atoms with Crippen LogP contribution in [0.5, 0.6) is 0 Å². The molecule has 0 saturated carbocycles. The summed E-state index contributed by atoms with van der Waals surface area (Å²) < 4.78 is 12.3. The molecule has 19 heavy (non-hydrogen) atoms. The zero-order chi connectivity index (χ0) is 14.3. The van der Waals surface area contributed by atoms with Crippen LogP contribution in [0.1, 0.15) is 31.9 Å². The van der Waals surface area contributed by atoms with E-state index in [2.05, 4.69) is 39.4 Å². The molecule has 1 rings (SSSR count). The van der Waals surface area contributed by atoms with Gasteiger partial charge in [0.05, 0.1) is 25.4 Å². The summed E-state index contributed by atoms with van der Waals surface area (Å²) in [5, 5.41) is 3.14. The third-order valence-electron chi connectivity index (χ3n) is 2.52. The summed E-state index contributed by atoms with van der Waals surface area (Å²) in [6, 6.07) is 6.34. The van der Waals surface area contributed by atoms with E-state index in [1.54, 1.807) is 0 Å². The summed E-state index contributed by atoms with van der Waals surface area (Å²) >= 11 is 3.58. The SMILES string of the molecule is CNCc1ccc(COCCOC(C)(C)C)c(Br)c1. The Kier molecular flexibility index (Phi) is 7.00. The van der Waals surface area contributed by atoms with Crippen molar-refractivity contribution in [2.24, 2.45) is 0 Å². The van der Waals surface area contributed by atoms with Crippen molar-refractivity contribution >= 4 is 15.9 Å². The van der Waals surface area contributed by atoms with Gasteiger partial charge in [0.1, 0.15) is 0 Å². The van der Waals surface area contributed by atoms with Crippen molar-refractivity contribution < 1.29 is 9.47 Å². The highest BCUT2D eigenvalue weighted by Crippen LogP contribution is 2.19. The zero-order valence-corrected chi connectivity index (χ0v) is 13.8. The van der Waals surface area contributed by atoms with E-state index in [1.165, 1.54) is 5.56 Å². The Hall–Kier alpha value is -0.420. The summed E-state index contributed by atoms with van der Waals surface area (Å²) in [5.74, 6) is 0. The second-order valence-corrected chi connectivity index (χ2v) is 6.32. The molecule has 0 atom stereocenters.